The molecule has 0 radical (unpaired) electrons. The van der Waals surface area contributed by atoms with E-state index in [1.807, 2.05) is 67.0 Å². The predicted octanol–water partition coefficient (Wildman–Crippen LogP) is 16.1. The van der Waals surface area contributed by atoms with Crippen molar-refractivity contribution in [2.24, 2.45) is 0 Å². The average Bonchev–Trinajstić information content (AvgIpc) is 3.89. The van der Waals surface area contributed by atoms with Crippen LogP contribution in [0.2, 0.25) is 0 Å². The van der Waals surface area contributed by atoms with Crippen molar-refractivity contribution < 1.29 is 28.6 Å². The van der Waals surface area contributed by atoms with Crippen LogP contribution in [0.25, 0.3) is 100 Å². The number of furan rings is 1. The Morgan fingerprint density at radius 1 is 0.397 bits per heavy atom. The molecule has 5 heterocycles. The molecular formula is C67H47IrN4O. The van der Waals surface area contributed by atoms with E-state index in [9.17, 15) is 0 Å². The molecule has 350 valence electrons. The molecule has 0 amide bonds. The third-order valence-electron chi connectivity index (χ3n) is 13.4. The van der Waals surface area contributed by atoms with Crippen LogP contribution in [0.3, 0.4) is 0 Å². The summed E-state index contributed by atoms with van der Waals surface area (Å²) in [4.78, 5) is 18.4. The van der Waals surface area contributed by atoms with Crippen molar-refractivity contribution in [3.05, 3.63) is 265 Å². The largest absolute Gasteiger partial charge is 3.00 e. The molecule has 12 rings (SSSR count). The number of fused-ring (bicyclic) bond motifs is 3. The number of aryl methyl sites for hydroxylation is 5. The van der Waals surface area contributed by atoms with E-state index in [4.69, 9.17) is 13.5 Å². The van der Waals surface area contributed by atoms with Crippen LogP contribution in [-0.2, 0) is 45.8 Å². The van der Waals surface area contributed by atoms with Crippen molar-refractivity contribution in [3.8, 4) is 78.3 Å². The maximum absolute atomic E-state index is 7.89. The summed E-state index contributed by atoms with van der Waals surface area (Å²) in [5.74, 6) is 0. The number of nitrogens with zero attached hydrogens (tertiary/aromatic N) is 4. The Morgan fingerprint density at radius 3 is 1.58 bits per heavy atom. The number of hydrogen-bond donors (Lipinski definition) is 0. The molecule has 6 heteroatoms. The van der Waals surface area contributed by atoms with E-state index in [1.54, 1.807) is 6.07 Å². The van der Waals surface area contributed by atoms with Crippen molar-refractivity contribution in [2.75, 3.05) is 0 Å². The molecule has 0 saturated carbocycles. The van der Waals surface area contributed by atoms with Crippen molar-refractivity contribution in [1.29, 1.82) is 0 Å². The smallest absolute Gasteiger partial charge is 0.420 e. The summed E-state index contributed by atoms with van der Waals surface area (Å²) >= 11 is 0. The second kappa shape index (κ2) is 21.1. The summed E-state index contributed by atoms with van der Waals surface area (Å²) < 4.78 is 29.8. The minimum Gasteiger partial charge on any atom is -0.420 e. The predicted molar refractivity (Wildman–Crippen MR) is 292 cm³/mol. The molecule has 12 aromatic rings. The molecule has 0 saturated heterocycles. The molecule has 5 aromatic heterocycles. The van der Waals surface area contributed by atoms with E-state index in [1.165, 1.54) is 28.3 Å². The second-order valence-electron chi connectivity index (χ2n) is 18.1. The standard InChI is InChI=1S/C67H47N4O.Ir/c1-45-17-35-60-61-37-38-65(71-67(61)72-66(60)70-45)55-34-36-59(62(44-55)52-32-30-51(31-33-52)50-11-3-2-4-12-50)58-14-6-5-13-57(58)56-42-48(20-18-46-22-26-53(27-23-46)63-15-7-9-39-68-63)41-49(43-56)21-19-47-24-28-54(29-25-47)64-16-8-10-40-69-64;/h2-17,22-26,28,30-33,35-44H,18-21H2,1H3;/q-3;+3/i1D3;. The van der Waals surface area contributed by atoms with E-state index >= 15 is 0 Å². The van der Waals surface area contributed by atoms with Gasteiger partial charge in [0.2, 0.25) is 11.4 Å². The Kier molecular flexibility index (Phi) is 12.6. The van der Waals surface area contributed by atoms with E-state index in [2.05, 4.69) is 173 Å². The van der Waals surface area contributed by atoms with Gasteiger partial charge in [-0.2, -0.15) is 0 Å². The molecule has 0 unspecified atom stereocenters. The molecule has 73 heavy (non-hydrogen) atoms. The molecule has 0 atom stereocenters. The number of rotatable bonds is 13. The maximum atomic E-state index is 7.89. The number of benzene rings is 7. The monoisotopic (exact) mass is 1120 g/mol. The molecular weight excluding hydrogens is 1070 g/mol. The molecule has 7 aromatic carbocycles. The maximum Gasteiger partial charge on any atom is 3.00 e. The Hall–Kier alpha value is -8.41. The Bertz CT molecular complexity index is 3850. The fraction of sp³-hybridized carbons (Fsp3) is 0.0746. The second-order valence-corrected chi connectivity index (χ2v) is 18.1. The zero-order chi connectivity index (χ0) is 50.7. The van der Waals surface area contributed by atoms with Gasteiger partial charge in [0, 0.05) is 33.0 Å². The van der Waals surface area contributed by atoms with E-state index in [-0.39, 0.29) is 31.5 Å². The minimum atomic E-state index is -2.36. The van der Waals surface area contributed by atoms with Gasteiger partial charge in [-0.1, -0.05) is 163 Å². The molecule has 0 aliphatic heterocycles. The molecule has 0 N–H and O–H groups in total. The summed E-state index contributed by atoms with van der Waals surface area (Å²) in [6, 6.07) is 81.7. The van der Waals surface area contributed by atoms with Crippen LogP contribution in [0, 0.1) is 25.1 Å². The van der Waals surface area contributed by atoms with Gasteiger partial charge in [0.15, 0.2) is 0 Å². The topological polar surface area (TPSA) is 64.7 Å². The van der Waals surface area contributed by atoms with Crippen LogP contribution in [0.4, 0.5) is 0 Å². The first kappa shape index (κ1) is 43.4. The fourth-order valence-corrected chi connectivity index (χ4v) is 9.60. The molecule has 0 bridgehead atoms. The van der Waals surface area contributed by atoms with Crippen LogP contribution in [0.1, 0.15) is 32.1 Å². The average molecular weight is 1120 g/mol. The first-order chi connectivity index (χ1) is 36.8. The third-order valence-corrected chi connectivity index (χ3v) is 13.4. The van der Waals surface area contributed by atoms with Crippen molar-refractivity contribution in [3.63, 3.8) is 0 Å². The van der Waals surface area contributed by atoms with Gasteiger partial charge in [0.1, 0.15) is 0 Å². The summed E-state index contributed by atoms with van der Waals surface area (Å²) in [7, 11) is 0. The molecule has 0 fully saturated rings. The molecule has 0 spiro atoms. The van der Waals surface area contributed by atoms with Gasteiger partial charge in [-0.05, 0) is 100.0 Å². The van der Waals surface area contributed by atoms with Crippen LogP contribution in [-0.4, -0.2) is 19.9 Å². The first-order valence-electron chi connectivity index (χ1n) is 25.8. The molecule has 0 aliphatic carbocycles. The first-order valence-corrected chi connectivity index (χ1v) is 24.3. The SMILES string of the molecule is [2H]C([2H])([2H])c1ccc2c(n1)oc1nc(-c3[c-]cc(-c4ccccc4-c4cc(CCc5c[c-]c(-c6ccccn6)cc5)cc(CCc5c[c-]c(-c6ccccn6)cc5)c4)c(-c4ccc(-c5ccccc5)cc4)c3)ccc12.[Ir+3]. The third kappa shape index (κ3) is 10.2. The Labute approximate surface area is 443 Å². The zero-order valence-electron chi connectivity index (χ0n) is 42.6. The van der Waals surface area contributed by atoms with E-state index in [0.717, 1.165) is 104 Å². The number of pyridine rings is 4. The van der Waals surface area contributed by atoms with Crippen LogP contribution in [0.15, 0.2) is 223 Å². The van der Waals surface area contributed by atoms with Crippen LogP contribution in [0.5, 0.6) is 0 Å². The van der Waals surface area contributed by atoms with Crippen molar-refractivity contribution >= 4 is 22.2 Å². The van der Waals surface area contributed by atoms with Gasteiger partial charge in [0.25, 0.3) is 0 Å². The van der Waals surface area contributed by atoms with Crippen molar-refractivity contribution in [1.82, 2.24) is 19.9 Å². The van der Waals surface area contributed by atoms with Gasteiger partial charge < -0.3 is 14.4 Å². The van der Waals surface area contributed by atoms with Crippen LogP contribution < -0.4 is 0 Å². The summed E-state index contributed by atoms with van der Waals surface area (Å²) in [5.41, 5.74) is 19.6. The van der Waals surface area contributed by atoms with Gasteiger partial charge in [0.05, 0.1) is 0 Å². The van der Waals surface area contributed by atoms with Gasteiger partial charge in [-0.3, -0.25) is 4.98 Å². The van der Waals surface area contributed by atoms with Gasteiger partial charge >= 0.3 is 20.1 Å². The minimum absolute atomic E-state index is 0. The number of aromatic nitrogens is 4. The summed E-state index contributed by atoms with van der Waals surface area (Å²) in [6.45, 7) is -2.36. The van der Waals surface area contributed by atoms with Gasteiger partial charge in [-0.25, -0.2) is 4.98 Å². The molecule has 0 aliphatic rings. The quantitative estimate of drug-likeness (QED) is 0.108. The van der Waals surface area contributed by atoms with Crippen LogP contribution >= 0.6 is 0 Å². The van der Waals surface area contributed by atoms with E-state index < -0.39 is 6.85 Å². The molecule has 5 nitrogen and oxygen atoms in total. The Morgan fingerprint density at radius 2 is 0.959 bits per heavy atom. The normalized spacial score (nSPS) is 12.0. The number of hydrogen-bond acceptors (Lipinski definition) is 5. The fourth-order valence-electron chi connectivity index (χ4n) is 9.60. The summed E-state index contributed by atoms with van der Waals surface area (Å²) in [5, 5.41) is 1.47. The van der Waals surface area contributed by atoms with Crippen molar-refractivity contribution in [2.45, 2.75) is 32.5 Å². The zero-order valence-corrected chi connectivity index (χ0v) is 42.0. The van der Waals surface area contributed by atoms with Gasteiger partial charge in [-0.15, -0.1) is 94.5 Å². The summed E-state index contributed by atoms with van der Waals surface area (Å²) in [6.07, 6.45) is 7.06. The van der Waals surface area contributed by atoms with E-state index in [0.29, 0.717) is 16.8 Å². The Balaban J connectivity index is 0.00000616.